The summed E-state index contributed by atoms with van der Waals surface area (Å²) < 4.78 is 92.0. The average Bonchev–Trinajstić information content (AvgIpc) is 2.95. The molecule has 2 N–H and O–H groups in total. The number of aromatic nitrogens is 1. The normalized spacial score (nSPS) is 11.6. The number of benzene rings is 2. The highest BCUT2D eigenvalue weighted by molar-refractivity contribution is 9.10. The Bertz CT molecular complexity index is 1650. The van der Waals surface area contributed by atoms with Crippen LogP contribution in [0, 0.1) is 17.5 Å². The lowest BCUT2D eigenvalue weighted by molar-refractivity contribution is -0.167. The largest absolute Gasteiger partial charge is 0.481 e. The molecule has 3 rings (SSSR count). The van der Waals surface area contributed by atoms with E-state index in [1.165, 1.54) is 24.6 Å². The molecule has 0 fully saturated rings. The Morgan fingerprint density at radius 3 is 2.24 bits per heavy atom. The molecule has 0 atom stereocenters. The summed E-state index contributed by atoms with van der Waals surface area (Å²) in [6.07, 6.45) is -7.01. The van der Waals surface area contributed by atoms with Gasteiger partial charge >= 0.3 is 18.2 Å². The lowest BCUT2D eigenvalue weighted by Crippen LogP contribution is -2.39. The number of ether oxygens (including phenoxy) is 2. The predicted octanol–water partition coefficient (Wildman–Crippen LogP) is 8.05. The number of hydrogen-bond acceptors (Lipinski definition) is 6. The van der Waals surface area contributed by atoms with E-state index in [1.807, 2.05) is 0 Å². The predicted molar refractivity (Wildman–Crippen MR) is 161 cm³/mol. The van der Waals surface area contributed by atoms with Crippen LogP contribution in [0.1, 0.15) is 43.1 Å². The minimum absolute atomic E-state index is 0.0131. The number of pyridine rings is 1. The van der Waals surface area contributed by atoms with Crippen molar-refractivity contribution in [2.45, 2.75) is 45.4 Å². The minimum atomic E-state index is -5.30. The van der Waals surface area contributed by atoms with Crippen molar-refractivity contribution in [3.63, 3.8) is 0 Å². The van der Waals surface area contributed by atoms with Gasteiger partial charge in [-0.3, -0.25) is 14.5 Å². The second-order valence-corrected chi connectivity index (χ2v) is 11.8. The van der Waals surface area contributed by atoms with Crippen molar-refractivity contribution in [2.75, 3.05) is 29.2 Å². The number of carbonyl (C=O) groups excluding carboxylic acids is 3. The molecule has 0 radical (unpaired) electrons. The van der Waals surface area contributed by atoms with Gasteiger partial charge in [-0.15, -0.1) is 0 Å². The molecular weight excluding hydrogens is 714 g/mol. The van der Waals surface area contributed by atoms with E-state index >= 15 is 0 Å². The van der Waals surface area contributed by atoms with E-state index in [9.17, 15) is 40.7 Å². The zero-order valence-corrected chi connectivity index (χ0v) is 26.9. The number of alkyl halides is 3. The van der Waals surface area contributed by atoms with Crippen LogP contribution in [0.25, 0.3) is 0 Å². The summed E-state index contributed by atoms with van der Waals surface area (Å²) in [4.78, 5) is 43.3. The molecule has 3 amide bonds. The van der Waals surface area contributed by atoms with Gasteiger partial charge in [0, 0.05) is 28.3 Å². The summed E-state index contributed by atoms with van der Waals surface area (Å²) in [5.41, 5.74) is -2.41. The molecule has 2 aromatic carbocycles. The van der Waals surface area contributed by atoms with Crippen LogP contribution in [0.15, 0.2) is 40.9 Å². The first kappa shape index (κ1) is 36.4. The van der Waals surface area contributed by atoms with Crippen LogP contribution >= 0.6 is 27.5 Å². The highest BCUT2D eigenvalue weighted by Gasteiger charge is 2.39. The molecule has 0 aliphatic rings. The molecule has 0 aliphatic carbocycles. The first-order valence-electron chi connectivity index (χ1n) is 13.2. The zero-order chi connectivity index (χ0) is 34.6. The maximum Gasteiger partial charge on any atom is 0.471 e. The van der Waals surface area contributed by atoms with Crippen molar-refractivity contribution in [1.29, 1.82) is 0 Å². The second-order valence-electron chi connectivity index (χ2n) is 10.5. The molecular formula is C29H26BrClF6N4O5. The first-order chi connectivity index (χ1) is 21.3. The van der Waals surface area contributed by atoms with Crippen LogP contribution in [-0.4, -0.2) is 48.3 Å². The maximum atomic E-state index is 14.8. The summed E-state index contributed by atoms with van der Waals surface area (Å²) in [5, 5.41) is 3.74. The van der Waals surface area contributed by atoms with Crippen molar-refractivity contribution in [3.05, 3.63) is 74.5 Å². The highest BCUT2D eigenvalue weighted by Crippen LogP contribution is 2.32. The molecule has 46 heavy (non-hydrogen) atoms. The van der Waals surface area contributed by atoms with Crippen molar-refractivity contribution in [2.24, 2.45) is 0 Å². The maximum absolute atomic E-state index is 14.8. The topological polar surface area (TPSA) is 110 Å². The van der Waals surface area contributed by atoms with E-state index in [4.69, 9.17) is 21.1 Å². The molecule has 0 unspecified atom stereocenters. The van der Waals surface area contributed by atoms with E-state index < -0.39 is 64.8 Å². The van der Waals surface area contributed by atoms with Crippen LogP contribution in [0.5, 0.6) is 5.88 Å². The molecule has 9 nitrogen and oxygen atoms in total. The number of nitrogens with one attached hydrogen (secondary N) is 2. The van der Waals surface area contributed by atoms with Crippen LogP contribution in [-0.2, 0) is 16.0 Å². The van der Waals surface area contributed by atoms with Gasteiger partial charge in [0.05, 0.1) is 23.4 Å². The number of amides is 3. The zero-order valence-electron chi connectivity index (χ0n) is 24.5. The van der Waals surface area contributed by atoms with Gasteiger partial charge in [0.2, 0.25) is 5.88 Å². The smallest absolute Gasteiger partial charge is 0.471 e. The summed E-state index contributed by atoms with van der Waals surface area (Å²) in [5.74, 6) is -7.10. The van der Waals surface area contributed by atoms with Gasteiger partial charge in [-0.05, 0) is 79.9 Å². The highest BCUT2D eigenvalue weighted by atomic mass is 79.9. The van der Waals surface area contributed by atoms with Crippen LogP contribution in [0.4, 0.5) is 48.3 Å². The number of rotatable bonds is 9. The fraction of sp³-hybridized carbons (Fsp3) is 0.310. The average molecular weight is 740 g/mol. The number of methoxy groups -OCH3 is 1. The molecule has 0 saturated carbocycles. The Labute approximate surface area is 272 Å². The molecule has 0 aliphatic heterocycles. The standard InChI is InChI=1S/C29H26BrClF6N4O5/c1-28(2,3)46-27(44)41(11-5-6-14-20(8-7-18(32)23(14)34)39-26(43)29(35,36)37)24-21(9-10-22(40-24)45-4)38-25(42)15-12-17(31)19(33)13-16(15)30/h7-10,12-13H,5-6,11H2,1-4H3,(H,38,42)(H,39,43). The van der Waals surface area contributed by atoms with E-state index in [0.717, 1.165) is 23.1 Å². The van der Waals surface area contributed by atoms with Crippen molar-refractivity contribution in [3.8, 4) is 5.88 Å². The SMILES string of the molecule is COc1ccc(NC(=O)c2cc(Cl)c(F)cc2Br)c(N(CCCc2c(NC(=O)C(F)(F)F)ccc(F)c2F)C(=O)OC(C)(C)C)n1. The molecule has 248 valence electrons. The van der Waals surface area contributed by atoms with Gasteiger partial charge < -0.3 is 20.1 Å². The molecule has 0 saturated heterocycles. The number of hydrogen-bond donors (Lipinski definition) is 2. The Hall–Kier alpha value is -4.05. The first-order valence-corrected chi connectivity index (χ1v) is 14.4. The van der Waals surface area contributed by atoms with Gasteiger partial charge in [0.15, 0.2) is 17.5 Å². The van der Waals surface area contributed by atoms with Crippen LogP contribution in [0.2, 0.25) is 5.02 Å². The summed E-state index contributed by atoms with van der Waals surface area (Å²) >= 11 is 8.94. The minimum Gasteiger partial charge on any atom is -0.481 e. The summed E-state index contributed by atoms with van der Waals surface area (Å²) in [6, 6.07) is 6.08. The second kappa shape index (κ2) is 14.6. The van der Waals surface area contributed by atoms with Crippen molar-refractivity contribution >= 4 is 62.6 Å². The lowest BCUT2D eigenvalue weighted by Gasteiger charge is -2.28. The van der Waals surface area contributed by atoms with Gasteiger partial charge in [-0.2, -0.15) is 18.2 Å². The van der Waals surface area contributed by atoms with Crippen LogP contribution in [0.3, 0.4) is 0 Å². The van der Waals surface area contributed by atoms with Gasteiger partial charge in [0.1, 0.15) is 11.4 Å². The molecule has 0 spiro atoms. The van der Waals surface area contributed by atoms with E-state index in [0.29, 0.717) is 6.07 Å². The van der Waals surface area contributed by atoms with E-state index in [1.54, 1.807) is 20.8 Å². The van der Waals surface area contributed by atoms with Gasteiger partial charge in [-0.25, -0.2) is 18.0 Å². The quantitative estimate of drug-likeness (QED) is 0.170. The Morgan fingerprint density at radius 2 is 1.63 bits per heavy atom. The number of carbonyl (C=O) groups is 3. The van der Waals surface area contributed by atoms with Crippen molar-refractivity contribution in [1.82, 2.24) is 4.98 Å². The van der Waals surface area contributed by atoms with E-state index in [-0.39, 0.29) is 45.4 Å². The monoisotopic (exact) mass is 738 g/mol. The Morgan fingerprint density at radius 1 is 0.978 bits per heavy atom. The van der Waals surface area contributed by atoms with Gasteiger partial charge in [-0.1, -0.05) is 11.6 Å². The Balaban J connectivity index is 2.01. The third-order valence-corrected chi connectivity index (χ3v) is 6.89. The third kappa shape index (κ3) is 9.25. The van der Waals surface area contributed by atoms with Crippen LogP contribution < -0.4 is 20.3 Å². The van der Waals surface area contributed by atoms with Crippen molar-refractivity contribution < 1.29 is 50.2 Å². The van der Waals surface area contributed by atoms with E-state index in [2.05, 4.69) is 26.2 Å². The summed E-state index contributed by atoms with van der Waals surface area (Å²) in [6.45, 7) is 4.33. The molecule has 17 heteroatoms. The Kier molecular flexibility index (Phi) is 11.5. The fourth-order valence-electron chi connectivity index (χ4n) is 3.90. The summed E-state index contributed by atoms with van der Waals surface area (Å²) in [7, 11) is 1.28. The molecule has 1 heterocycles. The molecule has 3 aromatic rings. The molecule has 0 bridgehead atoms. The van der Waals surface area contributed by atoms with Gasteiger partial charge in [0.25, 0.3) is 5.91 Å². The number of nitrogens with zero attached hydrogens (tertiary/aromatic N) is 2. The molecule has 1 aromatic heterocycles. The number of halogens is 8. The third-order valence-electron chi connectivity index (χ3n) is 5.94. The number of anilines is 3. The lowest BCUT2D eigenvalue weighted by atomic mass is 10.1. The fourth-order valence-corrected chi connectivity index (χ4v) is 4.56.